The van der Waals surface area contributed by atoms with Crippen molar-refractivity contribution in [2.75, 3.05) is 0 Å². The molecular formula is C43H36N5+. The highest BCUT2D eigenvalue weighted by atomic mass is 15.2. The van der Waals surface area contributed by atoms with Gasteiger partial charge in [0.1, 0.15) is 35.1 Å². The van der Waals surface area contributed by atoms with Crippen molar-refractivity contribution in [1.29, 1.82) is 0 Å². The molecule has 0 radical (unpaired) electrons. The van der Waals surface area contributed by atoms with Crippen LogP contribution in [-0.2, 0) is 5.41 Å². The molecule has 0 unspecified atom stereocenters. The Kier molecular flexibility index (Phi) is 6.21. The summed E-state index contributed by atoms with van der Waals surface area (Å²) >= 11 is 0. The van der Waals surface area contributed by atoms with Gasteiger partial charge in [-0.25, -0.2) is 4.98 Å². The SMILES string of the molecule is Cc1n(-c2cccc(-n3c4ccccc4c4cc5c6ccccc6n(-c6ccccc6)c5nc43)c2)cc[n+]1-c1ccc(C(C)(C)C)cc1. The predicted molar refractivity (Wildman–Crippen MR) is 197 cm³/mol. The van der Waals surface area contributed by atoms with Gasteiger partial charge in [0, 0.05) is 40.2 Å². The molecule has 0 fully saturated rings. The summed E-state index contributed by atoms with van der Waals surface area (Å²) in [6.45, 7) is 8.93. The first-order valence-electron chi connectivity index (χ1n) is 16.6. The molecule has 9 aromatic rings. The molecule has 4 heterocycles. The van der Waals surface area contributed by atoms with Crippen molar-refractivity contribution < 1.29 is 4.57 Å². The Morgan fingerprint density at radius 3 is 1.75 bits per heavy atom. The van der Waals surface area contributed by atoms with Crippen molar-refractivity contribution in [2.45, 2.75) is 33.1 Å². The van der Waals surface area contributed by atoms with Crippen molar-refractivity contribution in [3.05, 3.63) is 157 Å². The summed E-state index contributed by atoms with van der Waals surface area (Å²) < 4.78 is 9.12. The second-order valence-electron chi connectivity index (χ2n) is 13.7. The van der Waals surface area contributed by atoms with Crippen LogP contribution in [0.1, 0.15) is 32.2 Å². The van der Waals surface area contributed by atoms with Gasteiger partial charge in [-0.15, -0.1) is 0 Å². The first kappa shape index (κ1) is 28.3. The Bertz CT molecular complexity index is 2650. The number of hydrogen-bond donors (Lipinski definition) is 0. The van der Waals surface area contributed by atoms with Crippen molar-refractivity contribution >= 4 is 43.9 Å². The van der Waals surface area contributed by atoms with Gasteiger partial charge in [0.25, 0.3) is 5.82 Å². The average molecular weight is 623 g/mol. The van der Waals surface area contributed by atoms with E-state index in [0.29, 0.717) is 0 Å². The normalized spacial score (nSPS) is 12.2. The Morgan fingerprint density at radius 1 is 0.542 bits per heavy atom. The zero-order chi connectivity index (χ0) is 32.6. The minimum Gasteiger partial charge on any atom is -0.294 e. The van der Waals surface area contributed by atoms with Crippen LogP contribution in [0.15, 0.2) is 146 Å². The van der Waals surface area contributed by atoms with Crippen LogP contribution in [0.25, 0.3) is 66.6 Å². The second-order valence-corrected chi connectivity index (χ2v) is 13.7. The van der Waals surface area contributed by atoms with E-state index in [4.69, 9.17) is 4.98 Å². The van der Waals surface area contributed by atoms with E-state index in [1.54, 1.807) is 0 Å². The quantitative estimate of drug-likeness (QED) is 0.180. The third-order valence-corrected chi connectivity index (χ3v) is 9.73. The molecule has 0 aliphatic heterocycles. The molecule has 0 atom stereocenters. The van der Waals surface area contributed by atoms with Crippen LogP contribution in [0.2, 0.25) is 0 Å². The molecule has 0 bridgehead atoms. The van der Waals surface area contributed by atoms with E-state index in [1.807, 2.05) is 0 Å². The van der Waals surface area contributed by atoms with E-state index in [9.17, 15) is 0 Å². The summed E-state index contributed by atoms with van der Waals surface area (Å²) in [5.41, 5.74) is 10.1. The minimum atomic E-state index is 0.121. The lowest BCUT2D eigenvalue weighted by Crippen LogP contribution is -2.32. The largest absolute Gasteiger partial charge is 0.294 e. The van der Waals surface area contributed by atoms with Gasteiger partial charge in [0.15, 0.2) is 0 Å². The number of nitrogens with zero attached hydrogens (tertiary/aromatic N) is 5. The third-order valence-electron chi connectivity index (χ3n) is 9.73. The summed E-state index contributed by atoms with van der Waals surface area (Å²) in [5.74, 6) is 1.13. The van der Waals surface area contributed by atoms with Crippen LogP contribution < -0.4 is 4.57 Å². The molecule has 5 nitrogen and oxygen atoms in total. The van der Waals surface area contributed by atoms with Crippen LogP contribution in [-0.4, -0.2) is 18.7 Å². The molecule has 9 rings (SSSR count). The molecule has 0 N–H and O–H groups in total. The fourth-order valence-electron chi connectivity index (χ4n) is 7.27. The van der Waals surface area contributed by atoms with E-state index in [0.717, 1.165) is 61.7 Å². The summed E-state index contributed by atoms with van der Waals surface area (Å²) in [6, 6.07) is 47.8. The summed E-state index contributed by atoms with van der Waals surface area (Å²) in [7, 11) is 0. The lowest BCUT2D eigenvalue weighted by atomic mass is 9.87. The highest BCUT2D eigenvalue weighted by molar-refractivity contribution is 6.16. The van der Waals surface area contributed by atoms with Gasteiger partial charge >= 0.3 is 0 Å². The zero-order valence-corrected chi connectivity index (χ0v) is 27.6. The zero-order valence-electron chi connectivity index (χ0n) is 27.6. The van der Waals surface area contributed by atoms with Crippen molar-refractivity contribution in [2.24, 2.45) is 0 Å². The minimum absolute atomic E-state index is 0.121. The number of imidazole rings is 1. The Balaban J connectivity index is 1.24. The Morgan fingerprint density at radius 2 is 1.10 bits per heavy atom. The molecule has 5 aromatic carbocycles. The van der Waals surface area contributed by atoms with Crippen molar-refractivity contribution in [3.8, 4) is 22.7 Å². The summed E-state index contributed by atoms with van der Waals surface area (Å²) in [5, 5.41) is 4.70. The highest BCUT2D eigenvalue weighted by Gasteiger charge is 2.22. The first-order valence-corrected chi connectivity index (χ1v) is 16.6. The highest BCUT2D eigenvalue weighted by Crippen LogP contribution is 2.38. The van der Waals surface area contributed by atoms with Crippen LogP contribution >= 0.6 is 0 Å². The number of pyridine rings is 1. The molecular weight excluding hydrogens is 587 g/mol. The maximum absolute atomic E-state index is 5.51. The lowest BCUT2D eigenvalue weighted by Gasteiger charge is -2.18. The molecule has 0 spiro atoms. The summed E-state index contributed by atoms with van der Waals surface area (Å²) in [6.07, 6.45) is 4.30. The van der Waals surface area contributed by atoms with E-state index >= 15 is 0 Å². The van der Waals surface area contributed by atoms with Gasteiger partial charge in [-0.1, -0.05) is 93.6 Å². The van der Waals surface area contributed by atoms with Crippen LogP contribution in [0.3, 0.4) is 0 Å². The van der Waals surface area contributed by atoms with E-state index < -0.39 is 0 Å². The lowest BCUT2D eigenvalue weighted by molar-refractivity contribution is -0.601. The van der Waals surface area contributed by atoms with Crippen molar-refractivity contribution in [3.63, 3.8) is 0 Å². The standard InChI is InChI=1S/C43H36N5/c1-29-45(31-23-21-30(22-24-31)43(2,3)4)25-26-46(29)33-15-12-16-34(27-33)48-40-20-11-9-18-36(40)38-28-37-35-17-8-10-19-39(35)47(41(37)44-42(38)48)32-13-6-5-7-14-32/h5-28H,1-4H3/q+1. The fourth-order valence-corrected chi connectivity index (χ4v) is 7.27. The van der Waals surface area contributed by atoms with Crippen LogP contribution in [0.4, 0.5) is 0 Å². The first-order chi connectivity index (χ1) is 23.4. The van der Waals surface area contributed by atoms with E-state index in [-0.39, 0.29) is 5.41 Å². The molecule has 0 saturated carbocycles. The van der Waals surface area contributed by atoms with Gasteiger partial charge < -0.3 is 0 Å². The van der Waals surface area contributed by atoms with E-state index in [1.165, 1.54) is 16.3 Å². The van der Waals surface area contributed by atoms with Gasteiger partial charge in [0.2, 0.25) is 0 Å². The Labute approximate surface area is 279 Å². The van der Waals surface area contributed by atoms with Crippen LogP contribution in [0, 0.1) is 6.92 Å². The fraction of sp³-hybridized carbons (Fsp3) is 0.116. The third kappa shape index (κ3) is 4.31. The number of fused-ring (bicyclic) bond motifs is 6. The number of para-hydroxylation sites is 3. The molecule has 4 aromatic heterocycles. The maximum Gasteiger partial charge on any atom is 0.263 e. The second kappa shape index (κ2) is 10.5. The Hall–Kier alpha value is -5.94. The van der Waals surface area contributed by atoms with Gasteiger partial charge in [0.05, 0.1) is 16.7 Å². The summed E-state index contributed by atoms with van der Waals surface area (Å²) in [4.78, 5) is 5.51. The molecule has 0 amide bonds. The molecule has 232 valence electrons. The maximum atomic E-state index is 5.51. The number of hydrogen-bond acceptors (Lipinski definition) is 1. The smallest absolute Gasteiger partial charge is 0.263 e. The number of benzene rings is 5. The number of rotatable bonds is 4. The van der Waals surface area contributed by atoms with Crippen molar-refractivity contribution in [1.82, 2.24) is 18.7 Å². The topological polar surface area (TPSA) is 31.6 Å². The number of aromatic nitrogens is 5. The van der Waals surface area contributed by atoms with Gasteiger partial charge in [-0.3, -0.25) is 9.13 Å². The molecule has 48 heavy (non-hydrogen) atoms. The molecule has 5 heteroatoms. The van der Waals surface area contributed by atoms with Crippen LogP contribution in [0.5, 0.6) is 0 Å². The molecule has 0 saturated heterocycles. The van der Waals surface area contributed by atoms with Gasteiger partial charge in [-0.2, -0.15) is 9.13 Å². The van der Waals surface area contributed by atoms with Gasteiger partial charge in [-0.05, 0) is 65.6 Å². The average Bonchev–Trinajstić information content (AvgIpc) is 3.76. The monoisotopic (exact) mass is 622 g/mol. The molecule has 0 aliphatic carbocycles. The molecule has 0 aliphatic rings. The predicted octanol–water partition coefficient (Wildman–Crippen LogP) is 9.95. The van der Waals surface area contributed by atoms with E-state index in [2.05, 4.69) is 192 Å².